The lowest BCUT2D eigenvalue weighted by Gasteiger charge is -2.12. The molecule has 0 radical (unpaired) electrons. The number of phenolic OH excluding ortho intramolecular Hbond substituents is 1. The number of sulfonamides is 1. The molecule has 2 aromatic carbocycles. The van der Waals surface area contributed by atoms with Crippen molar-refractivity contribution >= 4 is 38.7 Å². The lowest BCUT2D eigenvalue weighted by atomic mass is 10.2. The molecule has 10 nitrogen and oxygen atoms in total. The number of aromatic hydroxyl groups is 1. The quantitative estimate of drug-likeness (QED) is 0.335. The molecule has 0 aliphatic heterocycles. The van der Waals surface area contributed by atoms with E-state index >= 15 is 0 Å². The topological polar surface area (TPSA) is 146 Å². The Labute approximate surface area is 176 Å². The number of carboxylic acid groups (broad SMARTS) is 1. The van der Waals surface area contributed by atoms with Crippen LogP contribution in [0.3, 0.4) is 0 Å². The van der Waals surface area contributed by atoms with Gasteiger partial charge in [-0.25, -0.2) is 22.7 Å². The fourth-order valence-corrected chi connectivity index (χ4v) is 4.20. The third-order valence-corrected chi connectivity index (χ3v) is 6.00. The Balaban J connectivity index is 1.63. The Morgan fingerprint density at radius 3 is 2.55 bits per heavy atom. The summed E-state index contributed by atoms with van der Waals surface area (Å²) in [6.07, 6.45) is 2.65. The molecule has 31 heavy (non-hydrogen) atoms. The number of rotatable bonds is 6. The number of carboxylic acids is 1. The number of hydrogen-bond donors (Lipinski definition) is 4. The van der Waals surface area contributed by atoms with Gasteiger partial charge in [0.15, 0.2) is 5.82 Å². The lowest BCUT2D eigenvalue weighted by Crippen LogP contribution is -2.12. The summed E-state index contributed by atoms with van der Waals surface area (Å²) in [4.78, 5) is 15.6. The van der Waals surface area contributed by atoms with Crippen molar-refractivity contribution in [2.75, 3.05) is 10.0 Å². The van der Waals surface area contributed by atoms with E-state index in [2.05, 4.69) is 20.1 Å². The van der Waals surface area contributed by atoms with Crippen LogP contribution in [0.4, 0.5) is 17.2 Å². The minimum atomic E-state index is -3.86. The smallest absolute Gasteiger partial charge is 0.337 e. The van der Waals surface area contributed by atoms with Crippen LogP contribution in [-0.4, -0.2) is 39.2 Å². The second-order valence-corrected chi connectivity index (χ2v) is 8.33. The average Bonchev–Trinajstić information content (AvgIpc) is 3.08. The molecule has 0 aliphatic rings. The molecule has 4 aromatic rings. The first kappa shape index (κ1) is 20.2. The molecule has 0 saturated heterocycles. The molecule has 0 fully saturated rings. The molecule has 4 rings (SSSR count). The van der Waals surface area contributed by atoms with E-state index in [1.807, 2.05) is 0 Å². The molecule has 0 aliphatic carbocycles. The van der Waals surface area contributed by atoms with Crippen molar-refractivity contribution in [3.05, 3.63) is 72.2 Å². The Bertz CT molecular complexity index is 1400. The van der Waals surface area contributed by atoms with Crippen molar-refractivity contribution in [1.82, 2.24) is 14.6 Å². The Hall–Kier alpha value is -4.12. The summed E-state index contributed by atoms with van der Waals surface area (Å²) in [6, 6.07) is 12.1. The highest BCUT2D eigenvalue weighted by molar-refractivity contribution is 7.92. The number of nitrogens with one attached hydrogen (secondary N) is 2. The third-order valence-electron chi connectivity index (χ3n) is 4.62. The van der Waals surface area contributed by atoms with E-state index in [1.54, 1.807) is 31.2 Å². The highest BCUT2D eigenvalue weighted by Crippen LogP contribution is 2.31. The van der Waals surface area contributed by atoms with Gasteiger partial charge in [-0.15, -0.1) is 0 Å². The van der Waals surface area contributed by atoms with E-state index < -0.39 is 16.0 Å². The summed E-state index contributed by atoms with van der Waals surface area (Å²) in [5.74, 6) is -1.05. The summed E-state index contributed by atoms with van der Waals surface area (Å²) in [7, 11) is -3.86. The second-order valence-electron chi connectivity index (χ2n) is 6.65. The van der Waals surface area contributed by atoms with Crippen LogP contribution in [0.5, 0.6) is 5.75 Å². The van der Waals surface area contributed by atoms with Gasteiger partial charge in [0.25, 0.3) is 10.0 Å². The summed E-state index contributed by atoms with van der Waals surface area (Å²) >= 11 is 0. The van der Waals surface area contributed by atoms with Gasteiger partial charge in [0, 0.05) is 18.0 Å². The highest BCUT2D eigenvalue weighted by atomic mass is 32.2. The second kappa shape index (κ2) is 7.61. The van der Waals surface area contributed by atoms with Crippen LogP contribution in [0.25, 0.3) is 5.52 Å². The maximum absolute atomic E-state index is 12.5. The van der Waals surface area contributed by atoms with Gasteiger partial charge in [0.1, 0.15) is 17.6 Å². The van der Waals surface area contributed by atoms with Gasteiger partial charge in [-0.1, -0.05) is 18.2 Å². The molecule has 0 saturated carbocycles. The number of aryl methyl sites for hydroxylation is 1. The molecule has 11 heteroatoms. The molecular formula is C20H17N5O5S. The van der Waals surface area contributed by atoms with Crippen molar-refractivity contribution in [3.8, 4) is 5.75 Å². The molecule has 0 amide bonds. The van der Waals surface area contributed by atoms with Crippen molar-refractivity contribution in [2.24, 2.45) is 0 Å². The zero-order valence-corrected chi connectivity index (χ0v) is 17.0. The van der Waals surface area contributed by atoms with Crippen molar-refractivity contribution in [2.45, 2.75) is 11.8 Å². The van der Waals surface area contributed by atoms with Gasteiger partial charge in [-0.2, -0.15) is 5.10 Å². The first-order valence-electron chi connectivity index (χ1n) is 9.00. The number of fused-ring (bicyclic) bond motifs is 1. The molecule has 158 valence electrons. The van der Waals surface area contributed by atoms with Crippen LogP contribution >= 0.6 is 0 Å². The van der Waals surface area contributed by atoms with E-state index in [0.29, 0.717) is 22.6 Å². The van der Waals surface area contributed by atoms with Crippen LogP contribution in [-0.2, 0) is 10.0 Å². The normalized spacial score (nSPS) is 11.4. The summed E-state index contributed by atoms with van der Waals surface area (Å²) < 4.78 is 28.7. The zero-order chi connectivity index (χ0) is 22.2. The first-order chi connectivity index (χ1) is 14.8. The van der Waals surface area contributed by atoms with Gasteiger partial charge in [0.2, 0.25) is 0 Å². The first-order valence-corrected chi connectivity index (χ1v) is 10.5. The van der Waals surface area contributed by atoms with Crippen molar-refractivity contribution in [3.63, 3.8) is 0 Å². The SMILES string of the molecule is Cc1c(C(=O)O)cn2ncnc(Nc3ccc(NS(=O)(=O)c4ccccc4)c(O)c3)c12. The molecule has 0 bridgehead atoms. The molecule has 0 atom stereocenters. The van der Waals surface area contributed by atoms with Crippen molar-refractivity contribution in [1.29, 1.82) is 0 Å². The molecule has 4 N–H and O–H groups in total. The fourth-order valence-electron chi connectivity index (χ4n) is 3.10. The number of hydrogen-bond acceptors (Lipinski definition) is 7. The number of anilines is 3. The molecule has 2 aromatic heterocycles. The van der Waals surface area contributed by atoms with Crippen LogP contribution < -0.4 is 10.0 Å². The average molecular weight is 439 g/mol. The number of aromatic nitrogens is 3. The van der Waals surface area contributed by atoms with E-state index in [4.69, 9.17) is 0 Å². The van der Waals surface area contributed by atoms with E-state index in [-0.39, 0.29) is 21.9 Å². The molecule has 2 heterocycles. The number of phenols is 1. The summed E-state index contributed by atoms with van der Waals surface area (Å²) in [6.45, 7) is 1.65. The number of carbonyl (C=O) groups is 1. The predicted octanol–water partition coefficient (Wildman–Crippen LogP) is 2.99. The minimum Gasteiger partial charge on any atom is -0.506 e. The monoisotopic (exact) mass is 439 g/mol. The van der Waals surface area contributed by atoms with Gasteiger partial charge in [-0.3, -0.25) is 4.72 Å². The largest absolute Gasteiger partial charge is 0.506 e. The van der Waals surface area contributed by atoms with Crippen LogP contribution in [0, 0.1) is 6.92 Å². The predicted molar refractivity (Wildman–Crippen MR) is 113 cm³/mol. The van der Waals surface area contributed by atoms with Crippen molar-refractivity contribution < 1.29 is 23.4 Å². The lowest BCUT2D eigenvalue weighted by molar-refractivity contribution is 0.0696. The maximum atomic E-state index is 12.5. The molecule has 0 unspecified atom stereocenters. The van der Waals surface area contributed by atoms with Gasteiger partial charge in [0.05, 0.1) is 16.1 Å². The number of nitrogens with zero attached hydrogens (tertiary/aromatic N) is 3. The minimum absolute atomic E-state index is 0.00858. The van der Waals surface area contributed by atoms with Crippen LogP contribution in [0.2, 0.25) is 0 Å². The number of benzene rings is 2. The highest BCUT2D eigenvalue weighted by Gasteiger charge is 2.18. The van der Waals surface area contributed by atoms with Gasteiger partial charge < -0.3 is 15.5 Å². The van der Waals surface area contributed by atoms with E-state index in [1.165, 1.54) is 41.3 Å². The third kappa shape index (κ3) is 3.85. The fraction of sp³-hybridized carbons (Fsp3) is 0.0500. The standard InChI is InChI=1S/C20H17N5O5S/c1-12-15(20(27)28)10-25-18(12)19(21-11-22-25)23-13-7-8-16(17(26)9-13)24-31(29,30)14-5-3-2-4-6-14/h2-11,24,26H,1H3,(H,27,28)(H,21,22,23). The Morgan fingerprint density at radius 2 is 1.87 bits per heavy atom. The summed E-state index contributed by atoms with van der Waals surface area (Å²) in [5.41, 5.74) is 1.46. The van der Waals surface area contributed by atoms with Gasteiger partial charge >= 0.3 is 5.97 Å². The zero-order valence-electron chi connectivity index (χ0n) is 16.1. The molecule has 0 spiro atoms. The number of aromatic carboxylic acids is 1. The van der Waals surface area contributed by atoms with Gasteiger partial charge in [-0.05, 0) is 36.8 Å². The van der Waals surface area contributed by atoms with Crippen LogP contribution in [0.1, 0.15) is 15.9 Å². The van der Waals surface area contributed by atoms with Crippen LogP contribution in [0.15, 0.2) is 66.0 Å². The van der Waals surface area contributed by atoms with E-state index in [0.717, 1.165) is 0 Å². The molecular weight excluding hydrogens is 422 g/mol. The Morgan fingerprint density at radius 1 is 1.13 bits per heavy atom. The maximum Gasteiger partial charge on any atom is 0.337 e. The van der Waals surface area contributed by atoms with E-state index in [9.17, 15) is 23.4 Å². The summed E-state index contributed by atoms with van der Waals surface area (Å²) in [5, 5.41) is 26.7. The Kier molecular flexibility index (Phi) is 4.95.